The Morgan fingerprint density at radius 3 is 2.32 bits per heavy atom. The summed E-state index contributed by atoms with van der Waals surface area (Å²) < 4.78 is 0. The second-order valence-corrected chi connectivity index (χ2v) is 9.65. The van der Waals surface area contributed by atoms with Gasteiger partial charge in [-0.2, -0.15) is 0 Å². The summed E-state index contributed by atoms with van der Waals surface area (Å²) in [6, 6.07) is 9.45. The van der Waals surface area contributed by atoms with Crippen molar-refractivity contribution in [2.75, 3.05) is 0 Å². The number of ketones is 2. The van der Waals surface area contributed by atoms with E-state index in [-0.39, 0.29) is 11.3 Å². The second kappa shape index (κ2) is 8.12. The van der Waals surface area contributed by atoms with Crippen LogP contribution in [0, 0.1) is 11.8 Å². The zero-order valence-corrected chi connectivity index (χ0v) is 19.5. The van der Waals surface area contributed by atoms with Gasteiger partial charge in [-0.1, -0.05) is 37.3 Å². The van der Waals surface area contributed by atoms with E-state index in [4.69, 9.17) is 5.73 Å². The first-order chi connectivity index (χ1) is 17.4. The molecule has 10 heteroatoms. The van der Waals surface area contributed by atoms with E-state index in [2.05, 4.69) is 0 Å². The minimum atomic E-state index is -2.88. The highest BCUT2D eigenvalue weighted by molar-refractivity contribution is 6.23. The number of aldehydes is 1. The van der Waals surface area contributed by atoms with Gasteiger partial charge in [0.05, 0.1) is 11.7 Å². The SMILES string of the molecule is CC1c2c(-c3ccc(C=O)cc3)ccc(O)c2C(O)=C2C(=O)C3(O)C(O)=C(C(N)=O)C(=O)CC3C(O)C21. The maximum absolute atomic E-state index is 13.7. The molecule has 1 amide bonds. The van der Waals surface area contributed by atoms with Crippen molar-refractivity contribution < 1.29 is 44.7 Å². The summed E-state index contributed by atoms with van der Waals surface area (Å²) in [6.45, 7) is 1.66. The van der Waals surface area contributed by atoms with Crippen LogP contribution in [0.3, 0.4) is 0 Å². The van der Waals surface area contributed by atoms with Crippen molar-refractivity contribution in [2.24, 2.45) is 17.6 Å². The van der Waals surface area contributed by atoms with Gasteiger partial charge in [0.2, 0.25) is 5.78 Å². The number of fused-ring (bicyclic) bond motifs is 3. The number of primary amides is 1. The Labute approximate surface area is 210 Å². The van der Waals surface area contributed by atoms with Crippen molar-refractivity contribution >= 4 is 29.5 Å². The van der Waals surface area contributed by atoms with Crippen LogP contribution in [0.4, 0.5) is 0 Å². The van der Waals surface area contributed by atoms with E-state index in [1.165, 1.54) is 6.07 Å². The van der Waals surface area contributed by atoms with Crippen LogP contribution in [0.1, 0.15) is 40.7 Å². The highest BCUT2D eigenvalue weighted by atomic mass is 16.4. The first-order valence-electron chi connectivity index (χ1n) is 11.5. The van der Waals surface area contributed by atoms with Gasteiger partial charge in [0.15, 0.2) is 11.4 Å². The second-order valence-electron chi connectivity index (χ2n) is 9.65. The molecule has 5 rings (SSSR count). The maximum Gasteiger partial charge on any atom is 0.255 e. The largest absolute Gasteiger partial charge is 0.508 e. The number of carbonyl (C=O) groups excluding carboxylic acids is 4. The number of aliphatic hydroxyl groups is 4. The number of nitrogens with two attached hydrogens (primary N) is 1. The lowest BCUT2D eigenvalue weighted by atomic mass is 9.55. The smallest absolute Gasteiger partial charge is 0.255 e. The number of aliphatic hydroxyl groups excluding tert-OH is 3. The topological polar surface area (TPSA) is 195 Å². The summed E-state index contributed by atoms with van der Waals surface area (Å²) in [7, 11) is 0. The van der Waals surface area contributed by atoms with E-state index >= 15 is 0 Å². The maximum atomic E-state index is 13.7. The monoisotopic (exact) mass is 505 g/mol. The Hall–Kier alpha value is -4.28. The third-order valence-electron chi connectivity index (χ3n) is 7.84. The Bertz CT molecular complexity index is 1470. The van der Waals surface area contributed by atoms with Gasteiger partial charge in [-0.3, -0.25) is 19.2 Å². The molecule has 5 atom stereocenters. The lowest BCUT2D eigenvalue weighted by molar-refractivity contribution is -0.160. The van der Waals surface area contributed by atoms with Gasteiger partial charge in [-0.15, -0.1) is 0 Å². The number of aromatic hydroxyl groups is 1. The summed E-state index contributed by atoms with van der Waals surface area (Å²) in [6.07, 6.45) is -1.57. The first kappa shape index (κ1) is 24.4. The molecule has 5 unspecified atom stereocenters. The summed E-state index contributed by atoms with van der Waals surface area (Å²) in [4.78, 5) is 49.1. The summed E-state index contributed by atoms with van der Waals surface area (Å²) in [5, 5.41) is 55.4. The molecule has 10 nitrogen and oxygen atoms in total. The zero-order chi connectivity index (χ0) is 27.0. The number of carbonyl (C=O) groups is 4. The minimum Gasteiger partial charge on any atom is -0.508 e. The molecule has 0 aromatic heterocycles. The van der Waals surface area contributed by atoms with E-state index in [1.807, 2.05) is 0 Å². The van der Waals surface area contributed by atoms with Crippen molar-refractivity contribution in [3.05, 3.63) is 70.0 Å². The molecule has 0 spiro atoms. The fourth-order valence-electron chi connectivity index (χ4n) is 6.07. The van der Waals surface area contributed by atoms with Gasteiger partial charge in [0.25, 0.3) is 5.91 Å². The Morgan fingerprint density at radius 1 is 1.08 bits per heavy atom. The van der Waals surface area contributed by atoms with Crippen molar-refractivity contribution in [2.45, 2.75) is 31.0 Å². The standard InChI is InChI=1S/C27H23NO9/c1-10-17-13(12-4-2-11(9-29)3-5-12)6-7-15(30)19(17)23(33)21-18(10)22(32)14-8-16(31)20(26(28)36)24(34)27(14,37)25(21)35/h2-7,9-10,14,18,22,30,32-34,37H,8H2,1H3,(H2,28,36). The van der Waals surface area contributed by atoms with E-state index < -0.39 is 76.0 Å². The molecule has 0 saturated heterocycles. The molecule has 190 valence electrons. The van der Waals surface area contributed by atoms with Crippen LogP contribution in [0.15, 0.2) is 53.3 Å². The lowest BCUT2D eigenvalue weighted by Gasteiger charge is -2.50. The fraction of sp³-hybridized carbons (Fsp3) is 0.259. The first-order valence-corrected chi connectivity index (χ1v) is 11.5. The average molecular weight is 505 g/mol. The lowest BCUT2D eigenvalue weighted by Crippen LogP contribution is -2.63. The molecule has 0 aliphatic heterocycles. The molecule has 3 aliphatic rings. The molecule has 0 bridgehead atoms. The number of hydrogen-bond donors (Lipinski definition) is 6. The summed E-state index contributed by atoms with van der Waals surface area (Å²) >= 11 is 0. The van der Waals surface area contributed by atoms with Crippen LogP contribution in [0.5, 0.6) is 5.75 Å². The van der Waals surface area contributed by atoms with E-state index in [1.54, 1.807) is 37.3 Å². The Balaban J connectivity index is 1.77. The van der Waals surface area contributed by atoms with Gasteiger partial charge < -0.3 is 31.3 Å². The van der Waals surface area contributed by atoms with Crippen molar-refractivity contribution in [1.82, 2.24) is 0 Å². The third-order valence-corrected chi connectivity index (χ3v) is 7.84. The molecule has 1 saturated carbocycles. The van der Waals surface area contributed by atoms with E-state index in [9.17, 15) is 44.7 Å². The molecule has 2 aromatic rings. The van der Waals surface area contributed by atoms with Gasteiger partial charge in [-0.05, 0) is 28.7 Å². The van der Waals surface area contributed by atoms with Crippen LogP contribution >= 0.6 is 0 Å². The number of phenols is 1. The summed E-state index contributed by atoms with van der Waals surface area (Å²) in [5.74, 6) is -9.19. The third kappa shape index (κ3) is 3.12. The molecule has 0 radical (unpaired) electrons. The fourth-order valence-corrected chi connectivity index (χ4v) is 6.07. The van der Waals surface area contributed by atoms with Crippen LogP contribution in [-0.2, 0) is 14.4 Å². The van der Waals surface area contributed by atoms with Crippen molar-refractivity contribution in [1.29, 1.82) is 0 Å². The van der Waals surface area contributed by atoms with Crippen LogP contribution < -0.4 is 5.73 Å². The quantitative estimate of drug-likeness (QED) is 0.264. The number of benzene rings is 2. The van der Waals surface area contributed by atoms with Gasteiger partial charge >= 0.3 is 0 Å². The van der Waals surface area contributed by atoms with Gasteiger partial charge in [-0.25, -0.2) is 0 Å². The van der Waals surface area contributed by atoms with E-state index in [0.29, 0.717) is 28.5 Å². The highest BCUT2D eigenvalue weighted by Gasteiger charge is 2.65. The minimum absolute atomic E-state index is 0.0937. The molecular weight excluding hydrogens is 482 g/mol. The van der Waals surface area contributed by atoms with Gasteiger partial charge in [0, 0.05) is 29.4 Å². The predicted octanol–water partition coefficient (Wildman–Crippen LogP) is 1.44. The number of Topliss-reactive ketones (excluding diaryl/α,β-unsaturated/α-hetero) is 2. The highest BCUT2D eigenvalue weighted by Crippen LogP contribution is 2.57. The number of amides is 1. The van der Waals surface area contributed by atoms with Crippen LogP contribution in [0.2, 0.25) is 0 Å². The van der Waals surface area contributed by atoms with Crippen molar-refractivity contribution in [3.8, 4) is 16.9 Å². The van der Waals surface area contributed by atoms with Crippen LogP contribution in [-0.4, -0.2) is 61.0 Å². The Morgan fingerprint density at radius 2 is 1.73 bits per heavy atom. The van der Waals surface area contributed by atoms with E-state index in [0.717, 1.165) is 0 Å². The Kier molecular flexibility index (Phi) is 5.36. The molecule has 2 aromatic carbocycles. The molecule has 7 N–H and O–H groups in total. The molecule has 1 fully saturated rings. The number of hydrogen-bond acceptors (Lipinski definition) is 9. The molecule has 0 heterocycles. The predicted molar refractivity (Wildman–Crippen MR) is 128 cm³/mol. The number of phenolic OH excluding ortho intramolecular Hbond substituents is 1. The zero-order valence-electron chi connectivity index (χ0n) is 19.5. The molecule has 3 aliphatic carbocycles. The summed E-state index contributed by atoms with van der Waals surface area (Å²) in [5.41, 5.74) is 2.86. The van der Waals surface area contributed by atoms with Gasteiger partial charge in [0.1, 0.15) is 29.1 Å². The van der Waals surface area contributed by atoms with Crippen LogP contribution in [0.25, 0.3) is 16.9 Å². The molecular formula is C27H23NO9. The molecule has 37 heavy (non-hydrogen) atoms. The van der Waals surface area contributed by atoms with Crippen molar-refractivity contribution in [3.63, 3.8) is 0 Å². The average Bonchev–Trinajstić information content (AvgIpc) is 2.86. The normalized spacial score (nSPS) is 28.9. The number of rotatable bonds is 3.